The highest BCUT2D eigenvalue weighted by Crippen LogP contribution is 2.37. The summed E-state index contributed by atoms with van der Waals surface area (Å²) in [5, 5.41) is 7.59. The molecule has 0 radical (unpaired) electrons. The maximum atomic E-state index is 2.37. The minimum atomic E-state index is 1.18. The number of para-hydroxylation sites is 2. The van der Waals surface area contributed by atoms with Crippen molar-refractivity contribution in [3.8, 4) is 16.8 Å². The zero-order valence-electron chi connectivity index (χ0n) is 21.1. The van der Waals surface area contributed by atoms with E-state index in [-0.39, 0.29) is 0 Å². The summed E-state index contributed by atoms with van der Waals surface area (Å²) in [5.41, 5.74) is 8.75. The molecule has 7 aromatic rings. The van der Waals surface area contributed by atoms with Gasteiger partial charge in [-0.2, -0.15) is 0 Å². The SMILES string of the molecule is Cc1ccc2ccc3c(-c4ccc5c(c4)c4ccccc4n5-c4ccccc4)ccc(ccc1c2)c3C. The monoisotopic (exact) mass is 473 g/mol. The molecule has 1 aromatic heterocycles. The zero-order valence-corrected chi connectivity index (χ0v) is 21.1. The second-order valence-corrected chi connectivity index (χ2v) is 9.94. The number of aromatic nitrogens is 1. The van der Waals surface area contributed by atoms with E-state index in [0.717, 1.165) is 0 Å². The van der Waals surface area contributed by atoms with Crippen LogP contribution >= 0.6 is 0 Å². The van der Waals surface area contributed by atoms with Crippen LogP contribution in [0.25, 0.3) is 60.2 Å². The Morgan fingerprint density at radius 2 is 1.22 bits per heavy atom. The molecule has 1 heteroatoms. The molecule has 7 rings (SSSR count). The van der Waals surface area contributed by atoms with Gasteiger partial charge in [-0.1, -0.05) is 91.0 Å². The van der Waals surface area contributed by atoms with Crippen LogP contribution in [0.3, 0.4) is 0 Å². The summed E-state index contributed by atoms with van der Waals surface area (Å²) in [4.78, 5) is 0. The van der Waals surface area contributed by atoms with Crippen LogP contribution in [0.15, 0.2) is 127 Å². The molecule has 0 amide bonds. The highest BCUT2D eigenvalue weighted by Gasteiger charge is 2.14. The minimum absolute atomic E-state index is 1.18. The van der Waals surface area contributed by atoms with Gasteiger partial charge in [-0.3, -0.25) is 0 Å². The van der Waals surface area contributed by atoms with Gasteiger partial charge in [-0.15, -0.1) is 0 Å². The second kappa shape index (κ2) is 8.50. The first-order valence-electron chi connectivity index (χ1n) is 12.9. The Hall–Kier alpha value is -4.62. The van der Waals surface area contributed by atoms with Crippen molar-refractivity contribution in [3.05, 3.63) is 139 Å². The Morgan fingerprint density at radius 1 is 0.486 bits per heavy atom. The lowest BCUT2D eigenvalue weighted by Gasteiger charge is -2.11. The van der Waals surface area contributed by atoms with E-state index in [1.54, 1.807) is 0 Å². The van der Waals surface area contributed by atoms with Crippen molar-refractivity contribution >= 4 is 43.4 Å². The number of nitrogens with zero attached hydrogens (tertiary/aromatic N) is 1. The summed E-state index contributed by atoms with van der Waals surface area (Å²) < 4.78 is 2.37. The fourth-order valence-corrected chi connectivity index (χ4v) is 5.69. The molecule has 37 heavy (non-hydrogen) atoms. The van der Waals surface area contributed by atoms with Crippen molar-refractivity contribution in [1.82, 2.24) is 4.57 Å². The highest BCUT2D eigenvalue weighted by molar-refractivity contribution is 6.11. The highest BCUT2D eigenvalue weighted by atomic mass is 15.0. The first-order valence-corrected chi connectivity index (χ1v) is 12.9. The molecular weight excluding hydrogens is 446 g/mol. The van der Waals surface area contributed by atoms with Crippen molar-refractivity contribution in [1.29, 1.82) is 0 Å². The van der Waals surface area contributed by atoms with Crippen LogP contribution in [0.5, 0.6) is 0 Å². The lowest BCUT2D eigenvalue weighted by Crippen LogP contribution is -1.92. The Bertz CT molecular complexity index is 1990. The molecule has 0 unspecified atom stereocenters. The molecular formula is C36H27N. The molecule has 0 aliphatic heterocycles. The van der Waals surface area contributed by atoms with E-state index < -0.39 is 0 Å². The van der Waals surface area contributed by atoms with Crippen molar-refractivity contribution in [2.24, 2.45) is 0 Å². The quantitative estimate of drug-likeness (QED) is 0.235. The number of aryl methyl sites for hydroxylation is 2. The summed E-state index contributed by atoms with van der Waals surface area (Å²) in [6.07, 6.45) is 0. The maximum Gasteiger partial charge on any atom is 0.0541 e. The van der Waals surface area contributed by atoms with Gasteiger partial charge in [0.2, 0.25) is 0 Å². The molecule has 6 aromatic carbocycles. The Labute approximate surface area is 216 Å². The Balaban J connectivity index is 1.51. The van der Waals surface area contributed by atoms with E-state index in [2.05, 4.69) is 146 Å². The van der Waals surface area contributed by atoms with Crippen LogP contribution < -0.4 is 0 Å². The molecule has 0 atom stereocenters. The molecule has 176 valence electrons. The Kier molecular flexibility index (Phi) is 4.97. The number of benzene rings is 5. The van der Waals surface area contributed by atoms with Gasteiger partial charge >= 0.3 is 0 Å². The largest absolute Gasteiger partial charge is 0.309 e. The maximum absolute atomic E-state index is 2.37. The van der Waals surface area contributed by atoms with Gasteiger partial charge in [0.1, 0.15) is 0 Å². The normalized spacial score (nSPS) is 11.5. The summed E-state index contributed by atoms with van der Waals surface area (Å²) in [7, 11) is 0. The van der Waals surface area contributed by atoms with Gasteiger partial charge in [0.25, 0.3) is 0 Å². The van der Waals surface area contributed by atoms with E-state index in [0.29, 0.717) is 0 Å². The average Bonchev–Trinajstić information content (AvgIpc) is 3.26. The van der Waals surface area contributed by atoms with Crippen molar-refractivity contribution in [2.45, 2.75) is 13.8 Å². The van der Waals surface area contributed by atoms with Crippen molar-refractivity contribution in [3.63, 3.8) is 0 Å². The predicted molar refractivity (Wildman–Crippen MR) is 160 cm³/mol. The zero-order chi connectivity index (χ0) is 24.9. The molecule has 1 heterocycles. The molecule has 1 nitrogen and oxygen atoms in total. The fourth-order valence-electron chi connectivity index (χ4n) is 5.69. The van der Waals surface area contributed by atoms with Crippen LogP contribution in [-0.4, -0.2) is 4.57 Å². The minimum Gasteiger partial charge on any atom is -0.309 e. The van der Waals surface area contributed by atoms with Gasteiger partial charge in [-0.05, 0) is 94.0 Å². The van der Waals surface area contributed by atoms with Crippen molar-refractivity contribution < 1.29 is 0 Å². The summed E-state index contributed by atoms with van der Waals surface area (Å²) in [5.74, 6) is 0. The molecule has 4 bridgehead atoms. The predicted octanol–water partition coefficient (Wildman–Crippen LogP) is 9.94. The van der Waals surface area contributed by atoms with Crippen molar-refractivity contribution in [2.75, 3.05) is 0 Å². The molecule has 0 saturated heterocycles. The topological polar surface area (TPSA) is 4.93 Å². The molecule has 0 fully saturated rings. The van der Waals surface area contributed by atoms with Crippen LogP contribution in [-0.2, 0) is 0 Å². The second-order valence-electron chi connectivity index (χ2n) is 9.94. The third kappa shape index (κ3) is 3.55. The molecule has 0 N–H and O–H groups in total. The molecule has 0 aliphatic rings. The Morgan fingerprint density at radius 3 is 2.11 bits per heavy atom. The molecule has 0 aliphatic carbocycles. The van der Waals surface area contributed by atoms with E-state index in [1.165, 1.54) is 71.3 Å². The summed E-state index contributed by atoms with van der Waals surface area (Å²) in [6, 6.07) is 46.5. The van der Waals surface area contributed by atoms with Crippen LogP contribution in [0.4, 0.5) is 0 Å². The van der Waals surface area contributed by atoms with Crippen LogP contribution in [0.1, 0.15) is 11.1 Å². The molecule has 0 saturated carbocycles. The summed E-state index contributed by atoms with van der Waals surface area (Å²) >= 11 is 0. The van der Waals surface area contributed by atoms with E-state index >= 15 is 0 Å². The van der Waals surface area contributed by atoms with Gasteiger partial charge < -0.3 is 4.57 Å². The number of rotatable bonds is 2. The third-order valence-electron chi connectivity index (χ3n) is 7.74. The number of fused-ring (bicyclic) bond motifs is 7. The van der Waals surface area contributed by atoms with Gasteiger partial charge in [0.05, 0.1) is 11.0 Å². The van der Waals surface area contributed by atoms with Gasteiger partial charge in [0.15, 0.2) is 0 Å². The summed E-state index contributed by atoms with van der Waals surface area (Å²) in [6.45, 7) is 4.41. The smallest absolute Gasteiger partial charge is 0.0541 e. The number of hydrogen-bond acceptors (Lipinski definition) is 0. The van der Waals surface area contributed by atoms with E-state index in [9.17, 15) is 0 Å². The fraction of sp³-hybridized carbons (Fsp3) is 0.0556. The number of hydrogen-bond donors (Lipinski definition) is 0. The molecule has 0 spiro atoms. The first-order chi connectivity index (χ1) is 18.2. The average molecular weight is 474 g/mol. The van der Waals surface area contributed by atoms with Crippen LogP contribution in [0, 0.1) is 13.8 Å². The first kappa shape index (κ1) is 21.6. The van der Waals surface area contributed by atoms with E-state index in [4.69, 9.17) is 0 Å². The lowest BCUT2D eigenvalue weighted by molar-refractivity contribution is 1.18. The lowest BCUT2D eigenvalue weighted by atomic mass is 9.94. The third-order valence-corrected chi connectivity index (χ3v) is 7.74. The standard InChI is InChI=1S/C36H27N/c1-24-12-13-26-14-19-31-25(2)27(15-16-28(24)22-26)17-20-32(31)29-18-21-36-34(23-29)33-10-6-7-11-35(33)37(36)30-8-4-3-5-9-30/h3-23H,1-2H3. The van der Waals surface area contributed by atoms with E-state index in [1.807, 2.05) is 0 Å². The van der Waals surface area contributed by atoms with Crippen LogP contribution in [0.2, 0.25) is 0 Å². The van der Waals surface area contributed by atoms with Gasteiger partial charge in [-0.25, -0.2) is 0 Å². The van der Waals surface area contributed by atoms with Gasteiger partial charge in [0, 0.05) is 16.5 Å².